The van der Waals surface area contributed by atoms with Crippen molar-refractivity contribution < 1.29 is 9.59 Å². The quantitative estimate of drug-likeness (QED) is 0.866. The summed E-state index contributed by atoms with van der Waals surface area (Å²) >= 11 is 0. The minimum absolute atomic E-state index is 0.0222. The van der Waals surface area contributed by atoms with Crippen LogP contribution in [0.15, 0.2) is 30.3 Å². The van der Waals surface area contributed by atoms with Crippen LogP contribution in [0.5, 0.6) is 0 Å². The molecule has 1 fully saturated rings. The molecule has 29 heavy (non-hydrogen) atoms. The molecule has 0 unspecified atom stereocenters. The lowest BCUT2D eigenvalue weighted by atomic mass is 10.0. The van der Waals surface area contributed by atoms with Gasteiger partial charge in [-0.25, -0.2) is 4.98 Å². The standard InChI is InChI=1S/C23H30N4O2/c1-14(2)23(29)27-17-10-11-18(27)13-26-19(12-17)20(22(28)24-15(3)4)25-21(26)16-8-6-5-7-9-16/h5-9,14-15,17-18H,10-13H2,1-4H3,(H,24,28)/t17-,18+/m0/s1. The highest BCUT2D eigenvalue weighted by molar-refractivity contribution is 5.94. The molecule has 2 aliphatic heterocycles. The molecule has 6 heteroatoms. The largest absolute Gasteiger partial charge is 0.348 e. The van der Waals surface area contributed by atoms with Crippen molar-refractivity contribution in [2.45, 2.75) is 71.6 Å². The van der Waals surface area contributed by atoms with E-state index in [0.29, 0.717) is 18.7 Å². The third-order valence-corrected chi connectivity index (χ3v) is 5.93. The van der Waals surface area contributed by atoms with E-state index in [1.807, 2.05) is 58.0 Å². The van der Waals surface area contributed by atoms with Crippen molar-refractivity contribution in [1.82, 2.24) is 19.8 Å². The fourth-order valence-corrected chi connectivity index (χ4v) is 4.64. The summed E-state index contributed by atoms with van der Waals surface area (Å²) in [6.07, 6.45) is 2.67. The summed E-state index contributed by atoms with van der Waals surface area (Å²) in [6.45, 7) is 8.53. The number of aromatic nitrogens is 2. The summed E-state index contributed by atoms with van der Waals surface area (Å²) in [6, 6.07) is 10.4. The molecule has 2 bridgehead atoms. The average molecular weight is 395 g/mol. The van der Waals surface area contributed by atoms with Gasteiger partial charge in [0.25, 0.3) is 5.91 Å². The van der Waals surface area contributed by atoms with E-state index in [0.717, 1.165) is 29.9 Å². The molecule has 1 aromatic heterocycles. The maximum atomic E-state index is 12.9. The minimum Gasteiger partial charge on any atom is -0.348 e. The first-order valence-electron chi connectivity index (χ1n) is 10.6. The fraction of sp³-hybridized carbons (Fsp3) is 0.522. The smallest absolute Gasteiger partial charge is 0.271 e. The minimum atomic E-state index is -0.134. The van der Waals surface area contributed by atoms with E-state index in [1.54, 1.807) is 0 Å². The van der Waals surface area contributed by atoms with Gasteiger partial charge in [-0.2, -0.15) is 0 Å². The summed E-state index contributed by atoms with van der Waals surface area (Å²) < 4.78 is 2.19. The first-order valence-corrected chi connectivity index (χ1v) is 10.6. The molecular weight excluding hydrogens is 364 g/mol. The molecule has 0 saturated carbocycles. The van der Waals surface area contributed by atoms with Crippen LogP contribution in [0.25, 0.3) is 11.4 Å². The van der Waals surface area contributed by atoms with Crippen LogP contribution >= 0.6 is 0 Å². The van der Waals surface area contributed by atoms with E-state index in [4.69, 9.17) is 4.98 Å². The normalized spacial score (nSPS) is 20.7. The van der Waals surface area contributed by atoms with E-state index < -0.39 is 0 Å². The van der Waals surface area contributed by atoms with Crippen LogP contribution in [0.2, 0.25) is 0 Å². The molecular formula is C23H30N4O2. The van der Waals surface area contributed by atoms with Crippen LogP contribution in [0.4, 0.5) is 0 Å². The number of hydrogen-bond donors (Lipinski definition) is 1. The summed E-state index contributed by atoms with van der Waals surface area (Å²) in [4.78, 5) is 32.8. The van der Waals surface area contributed by atoms with Gasteiger partial charge in [0.15, 0.2) is 0 Å². The van der Waals surface area contributed by atoms with Gasteiger partial charge in [-0.3, -0.25) is 9.59 Å². The van der Waals surface area contributed by atoms with E-state index in [1.165, 1.54) is 0 Å². The van der Waals surface area contributed by atoms with Crippen LogP contribution in [-0.4, -0.2) is 44.4 Å². The number of imidazole rings is 1. The molecule has 154 valence electrons. The Labute approximate surface area is 172 Å². The molecule has 3 heterocycles. The molecule has 6 nitrogen and oxygen atoms in total. The van der Waals surface area contributed by atoms with Crippen molar-refractivity contribution >= 4 is 11.8 Å². The van der Waals surface area contributed by atoms with Crippen molar-refractivity contribution in [3.8, 4) is 11.4 Å². The number of carbonyl (C=O) groups excluding carboxylic acids is 2. The highest BCUT2D eigenvalue weighted by atomic mass is 16.2. The first kappa shape index (κ1) is 19.7. The monoisotopic (exact) mass is 394 g/mol. The number of hydrogen-bond acceptors (Lipinski definition) is 3. The number of nitrogens with one attached hydrogen (secondary N) is 1. The van der Waals surface area contributed by atoms with Gasteiger partial charge in [-0.1, -0.05) is 44.2 Å². The van der Waals surface area contributed by atoms with Gasteiger partial charge < -0.3 is 14.8 Å². The van der Waals surface area contributed by atoms with Gasteiger partial charge >= 0.3 is 0 Å². The Morgan fingerprint density at radius 3 is 2.41 bits per heavy atom. The zero-order valence-corrected chi connectivity index (χ0v) is 17.7. The number of rotatable bonds is 4. The molecule has 4 rings (SSSR count). The first-order chi connectivity index (χ1) is 13.9. The average Bonchev–Trinajstić information content (AvgIpc) is 3.17. The van der Waals surface area contributed by atoms with Crippen molar-refractivity contribution in [3.63, 3.8) is 0 Å². The van der Waals surface area contributed by atoms with E-state index in [9.17, 15) is 9.59 Å². The summed E-state index contributed by atoms with van der Waals surface area (Å²) in [7, 11) is 0. The molecule has 2 amide bonds. The molecule has 0 aliphatic carbocycles. The Hall–Kier alpha value is -2.63. The van der Waals surface area contributed by atoms with Crippen molar-refractivity contribution in [2.75, 3.05) is 0 Å². The second kappa shape index (κ2) is 7.65. The van der Waals surface area contributed by atoms with E-state index >= 15 is 0 Å². The van der Waals surface area contributed by atoms with Gasteiger partial charge in [0.2, 0.25) is 5.91 Å². The highest BCUT2D eigenvalue weighted by Gasteiger charge is 2.42. The van der Waals surface area contributed by atoms with Crippen LogP contribution < -0.4 is 5.32 Å². The Bertz CT molecular complexity index is 916. The Kier molecular flexibility index (Phi) is 5.19. The highest BCUT2D eigenvalue weighted by Crippen LogP contribution is 2.36. The third-order valence-electron chi connectivity index (χ3n) is 5.93. The summed E-state index contributed by atoms with van der Waals surface area (Å²) in [5, 5.41) is 3.00. The Morgan fingerprint density at radius 2 is 1.76 bits per heavy atom. The molecule has 0 radical (unpaired) electrons. The zero-order chi connectivity index (χ0) is 20.7. The molecule has 2 aromatic rings. The van der Waals surface area contributed by atoms with Crippen molar-refractivity contribution in [3.05, 3.63) is 41.7 Å². The van der Waals surface area contributed by atoms with Gasteiger partial charge in [-0.05, 0) is 26.7 Å². The lowest BCUT2D eigenvalue weighted by Gasteiger charge is -2.29. The van der Waals surface area contributed by atoms with Gasteiger partial charge in [0, 0.05) is 36.5 Å². The number of amides is 2. The van der Waals surface area contributed by atoms with Crippen molar-refractivity contribution in [1.29, 1.82) is 0 Å². The second-order valence-corrected chi connectivity index (χ2v) is 8.82. The maximum absolute atomic E-state index is 12.9. The molecule has 1 N–H and O–H groups in total. The predicted molar refractivity (Wildman–Crippen MR) is 112 cm³/mol. The Balaban J connectivity index is 1.80. The lowest BCUT2D eigenvalue weighted by Crippen LogP contribution is -2.44. The third kappa shape index (κ3) is 3.56. The lowest BCUT2D eigenvalue weighted by molar-refractivity contribution is -0.137. The molecule has 2 aliphatic rings. The maximum Gasteiger partial charge on any atom is 0.271 e. The summed E-state index contributed by atoms with van der Waals surface area (Å²) in [5.74, 6) is 0.876. The molecule has 1 saturated heterocycles. The topological polar surface area (TPSA) is 67.2 Å². The number of nitrogens with zero attached hydrogens (tertiary/aromatic N) is 3. The van der Waals surface area contributed by atoms with Gasteiger partial charge in [-0.15, -0.1) is 0 Å². The number of benzene rings is 1. The fourth-order valence-electron chi connectivity index (χ4n) is 4.64. The van der Waals surface area contributed by atoms with Crippen LogP contribution in [0.1, 0.15) is 56.7 Å². The summed E-state index contributed by atoms with van der Waals surface area (Å²) in [5.41, 5.74) is 2.45. The van der Waals surface area contributed by atoms with Crippen LogP contribution in [0.3, 0.4) is 0 Å². The van der Waals surface area contributed by atoms with Crippen LogP contribution in [0, 0.1) is 5.92 Å². The molecule has 0 spiro atoms. The van der Waals surface area contributed by atoms with Crippen molar-refractivity contribution in [2.24, 2.45) is 5.92 Å². The predicted octanol–water partition coefficient (Wildman–Crippen LogP) is 3.26. The van der Waals surface area contributed by atoms with Gasteiger partial charge in [0.05, 0.1) is 11.7 Å². The Morgan fingerprint density at radius 1 is 1.07 bits per heavy atom. The van der Waals surface area contributed by atoms with E-state index in [2.05, 4.69) is 14.8 Å². The SMILES string of the molecule is CC(C)NC(=O)c1nc(-c2ccccc2)n2c1C[C@@H]1CC[C@H](C2)N1C(=O)C(C)C. The number of carbonyl (C=O) groups is 2. The second-order valence-electron chi connectivity index (χ2n) is 8.82. The van der Waals surface area contributed by atoms with Crippen LogP contribution in [-0.2, 0) is 17.8 Å². The number of fused-ring (bicyclic) bond motifs is 3. The van der Waals surface area contributed by atoms with Gasteiger partial charge in [0.1, 0.15) is 11.5 Å². The molecule has 1 aromatic carbocycles. The van der Waals surface area contributed by atoms with E-state index in [-0.39, 0.29) is 35.9 Å². The zero-order valence-electron chi connectivity index (χ0n) is 17.7. The molecule has 2 atom stereocenters.